The van der Waals surface area contributed by atoms with E-state index in [1.807, 2.05) is 55.5 Å². The lowest BCUT2D eigenvalue weighted by Crippen LogP contribution is -2.28. The first-order chi connectivity index (χ1) is 13.0. The van der Waals surface area contributed by atoms with E-state index in [0.717, 1.165) is 35.7 Å². The van der Waals surface area contributed by atoms with Crippen LogP contribution in [-0.4, -0.2) is 31.4 Å². The number of hydrogen-bond donors (Lipinski definition) is 1. The van der Waals surface area contributed by atoms with E-state index < -0.39 is 0 Å². The highest BCUT2D eigenvalue weighted by atomic mass is 16.2. The number of carbonyl (C=O) groups excluding carboxylic acids is 2. The summed E-state index contributed by atoms with van der Waals surface area (Å²) in [4.78, 5) is 29.1. The van der Waals surface area contributed by atoms with E-state index in [2.05, 4.69) is 24.1 Å². The highest BCUT2D eigenvalue weighted by Gasteiger charge is 2.35. The average Bonchev–Trinajstić information content (AvgIpc) is 3.07. The number of nitrogens with one attached hydrogen (secondary N) is 1. The van der Waals surface area contributed by atoms with Gasteiger partial charge in [0.05, 0.1) is 5.92 Å². The first kappa shape index (κ1) is 19.0. The number of carbonyl (C=O) groups is 2. The van der Waals surface area contributed by atoms with E-state index in [4.69, 9.17) is 0 Å². The van der Waals surface area contributed by atoms with Gasteiger partial charge in [0.1, 0.15) is 0 Å². The summed E-state index contributed by atoms with van der Waals surface area (Å²) in [7, 11) is 0. The van der Waals surface area contributed by atoms with Gasteiger partial charge in [0, 0.05) is 43.1 Å². The van der Waals surface area contributed by atoms with Gasteiger partial charge in [-0.25, -0.2) is 0 Å². The third kappa shape index (κ3) is 4.13. The normalized spacial score (nSPS) is 16.5. The number of hydrogen-bond acceptors (Lipinski definition) is 3. The van der Waals surface area contributed by atoms with E-state index in [0.29, 0.717) is 6.54 Å². The van der Waals surface area contributed by atoms with Crippen molar-refractivity contribution in [3.63, 3.8) is 0 Å². The van der Waals surface area contributed by atoms with Crippen molar-refractivity contribution < 1.29 is 9.59 Å². The molecule has 1 unspecified atom stereocenters. The summed E-state index contributed by atoms with van der Waals surface area (Å²) in [5.74, 6) is -0.435. The van der Waals surface area contributed by atoms with Crippen LogP contribution in [0.3, 0.4) is 0 Å². The van der Waals surface area contributed by atoms with Crippen LogP contribution in [0.1, 0.15) is 25.8 Å². The maximum absolute atomic E-state index is 12.6. The number of amides is 2. The molecule has 1 heterocycles. The fraction of sp³-hybridized carbons (Fsp3) is 0.364. The molecule has 1 saturated heterocycles. The molecule has 0 bridgehead atoms. The summed E-state index contributed by atoms with van der Waals surface area (Å²) >= 11 is 0. The molecule has 3 rings (SSSR count). The Hall–Kier alpha value is -2.82. The SMILES string of the molecule is CCN(CC)c1ccc(N2CC(C(=O)Nc3ccccc3C)CC2=O)cc1. The van der Waals surface area contributed by atoms with Crippen LogP contribution in [0.25, 0.3) is 0 Å². The van der Waals surface area contributed by atoms with E-state index in [1.54, 1.807) is 4.90 Å². The molecule has 0 aliphatic carbocycles. The lowest BCUT2D eigenvalue weighted by Gasteiger charge is -2.22. The van der Waals surface area contributed by atoms with E-state index >= 15 is 0 Å². The minimum Gasteiger partial charge on any atom is -0.372 e. The molecule has 2 aromatic carbocycles. The fourth-order valence-electron chi connectivity index (χ4n) is 3.51. The molecule has 0 spiro atoms. The second kappa shape index (κ2) is 8.25. The van der Waals surface area contributed by atoms with Crippen molar-refractivity contribution in [2.75, 3.05) is 34.8 Å². The van der Waals surface area contributed by atoms with Crippen molar-refractivity contribution in [3.8, 4) is 0 Å². The maximum Gasteiger partial charge on any atom is 0.229 e. The quantitative estimate of drug-likeness (QED) is 0.846. The van der Waals surface area contributed by atoms with Gasteiger partial charge < -0.3 is 15.1 Å². The highest BCUT2D eigenvalue weighted by Crippen LogP contribution is 2.28. The number of para-hydroxylation sites is 1. The third-order valence-corrected chi connectivity index (χ3v) is 5.19. The average molecular weight is 365 g/mol. The summed E-state index contributed by atoms with van der Waals surface area (Å²) in [6.45, 7) is 8.51. The zero-order valence-corrected chi connectivity index (χ0v) is 16.2. The first-order valence-electron chi connectivity index (χ1n) is 9.55. The molecule has 5 heteroatoms. The predicted molar refractivity (Wildman–Crippen MR) is 110 cm³/mol. The monoisotopic (exact) mass is 365 g/mol. The van der Waals surface area contributed by atoms with E-state index in [1.165, 1.54) is 0 Å². The summed E-state index contributed by atoms with van der Waals surface area (Å²) in [5, 5.41) is 2.96. The molecule has 1 aliphatic heterocycles. The highest BCUT2D eigenvalue weighted by molar-refractivity contribution is 6.03. The standard InChI is InChI=1S/C22H27N3O2/c1-4-24(5-2)18-10-12-19(13-11-18)25-15-17(14-21(25)26)22(27)23-20-9-7-6-8-16(20)3/h6-13,17H,4-5,14-15H2,1-3H3,(H,23,27). The lowest BCUT2D eigenvalue weighted by atomic mass is 10.1. The van der Waals surface area contributed by atoms with Gasteiger partial charge in [-0.1, -0.05) is 18.2 Å². The molecule has 5 nitrogen and oxygen atoms in total. The van der Waals surface area contributed by atoms with Crippen molar-refractivity contribution in [2.45, 2.75) is 27.2 Å². The molecule has 1 aliphatic rings. The van der Waals surface area contributed by atoms with Crippen molar-refractivity contribution in [2.24, 2.45) is 5.92 Å². The van der Waals surface area contributed by atoms with Gasteiger partial charge in [-0.2, -0.15) is 0 Å². The topological polar surface area (TPSA) is 52.6 Å². The molecule has 2 aromatic rings. The zero-order chi connectivity index (χ0) is 19.4. The van der Waals surface area contributed by atoms with Gasteiger partial charge in [-0.15, -0.1) is 0 Å². The van der Waals surface area contributed by atoms with E-state index in [-0.39, 0.29) is 24.2 Å². The predicted octanol–water partition coefficient (Wildman–Crippen LogP) is 3.83. The summed E-state index contributed by atoms with van der Waals surface area (Å²) in [6.07, 6.45) is 0.246. The van der Waals surface area contributed by atoms with Crippen LogP contribution in [-0.2, 0) is 9.59 Å². The largest absolute Gasteiger partial charge is 0.372 e. The van der Waals surface area contributed by atoms with Gasteiger partial charge >= 0.3 is 0 Å². The third-order valence-electron chi connectivity index (χ3n) is 5.19. The van der Waals surface area contributed by atoms with Gasteiger partial charge in [-0.05, 0) is 56.7 Å². The molecular weight excluding hydrogens is 338 g/mol. The number of aryl methyl sites for hydroxylation is 1. The van der Waals surface area contributed by atoms with Crippen molar-refractivity contribution in [1.29, 1.82) is 0 Å². The van der Waals surface area contributed by atoms with Crippen LogP contribution in [0, 0.1) is 12.8 Å². The van der Waals surface area contributed by atoms with Gasteiger partial charge in [0.2, 0.25) is 11.8 Å². The number of nitrogens with zero attached hydrogens (tertiary/aromatic N) is 2. The Morgan fingerprint density at radius 1 is 1.11 bits per heavy atom. The Balaban J connectivity index is 1.68. The van der Waals surface area contributed by atoms with Gasteiger partial charge in [-0.3, -0.25) is 9.59 Å². The molecule has 0 radical (unpaired) electrons. The molecular formula is C22H27N3O2. The second-order valence-electron chi connectivity index (χ2n) is 6.90. The van der Waals surface area contributed by atoms with E-state index in [9.17, 15) is 9.59 Å². The number of rotatable bonds is 6. The van der Waals surface area contributed by atoms with Gasteiger partial charge in [0.25, 0.3) is 0 Å². The molecule has 142 valence electrons. The van der Waals surface area contributed by atoms with Crippen molar-refractivity contribution in [1.82, 2.24) is 0 Å². The molecule has 2 amide bonds. The molecule has 0 aromatic heterocycles. The maximum atomic E-state index is 12.6. The summed E-state index contributed by atoms with van der Waals surface area (Å²) < 4.78 is 0. The molecule has 1 fully saturated rings. The number of benzene rings is 2. The fourth-order valence-corrected chi connectivity index (χ4v) is 3.51. The Morgan fingerprint density at radius 2 is 1.78 bits per heavy atom. The molecule has 1 atom stereocenters. The van der Waals surface area contributed by atoms with Crippen LogP contribution in [0.4, 0.5) is 17.1 Å². The van der Waals surface area contributed by atoms with Crippen LogP contribution in [0.15, 0.2) is 48.5 Å². The Labute approximate surface area is 161 Å². The Morgan fingerprint density at radius 3 is 2.41 bits per heavy atom. The smallest absolute Gasteiger partial charge is 0.229 e. The lowest BCUT2D eigenvalue weighted by molar-refractivity contribution is -0.122. The molecule has 0 saturated carbocycles. The summed E-state index contributed by atoms with van der Waals surface area (Å²) in [5.41, 5.74) is 3.81. The Kier molecular flexibility index (Phi) is 5.79. The minimum absolute atomic E-state index is 0.00415. The van der Waals surface area contributed by atoms with Crippen LogP contribution in [0.2, 0.25) is 0 Å². The van der Waals surface area contributed by atoms with Crippen LogP contribution >= 0.6 is 0 Å². The molecule has 1 N–H and O–H groups in total. The van der Waals surface area contributed by atoms with Crippen molar-refractivity contribution >= 4 is 28.9 Å². The molecule has 27 heavy (non-hydrogen) atoms. The Bertz CT molecular complexity index is 813. The summed E-state index contributed by atoms with van der Waals surface area (Å²) in [6, 6.07) is 15.7. The van der Waals surface area contributed by atoms with Crippen LogP contribution < -0.4 is 15.1 Å². The van der Waals surface area contributed by atoms with Gasteiger partial charge in [0.15, 0.2) is 0 Å². The van der Waals surface area contributed by atoms with Crippen LogP contribution in [0.5, 0.6) is 0 Å². The number of anilines is 3. The van der Waals surface area contributed by atoms with Crippen molar-refractivity contribution in [3.05, 3.63) is 54.1 Å². The second-order valence-corrected chi connectivity index (χ2v) is 6.90. The first-order valence-corrected chi connectivity index (χ1v) is 9.55. The zero-order valence-electron chi connectivity index (χ0n) is 16.2. The minimum atomic E-state index is -0.334.